The van der Waals surface area contributed by atoms with Gasteiger partial charge in [0.2, 0.25) is 0 Å². The summed E-state index contributed by atoms with van der Waals surface area (Å²) in [6.45, 7) is 3.72. The predicted octanol–water partition coefficient (Wildman–Crippen LogP) is 6.83. The summed E-state index contributed by atoms with van der Waals surface area (Å²) < 4.78 is 0. The van der Waals surface area contributed by atoms with Gasteiger partial charge >= 0.3 is 0 Å². The molecule has 2 aliphatic carbocycles. The molecule has 0 atom stereocenters. The number of pyridine rings is 1. The van der Waals surface area contributed by atoms with Crippen LogP contribution in [0.25, 0.3) is 5.57 Å². The number of aryl methyl sites for hydroxylation is 2. The molecule has 2 fully saturated rings. The van der Waals surface area contributed by atoms with E-state index in [9.17, 15) is 0 Å². The molecule has 1 aromatic carbocycles. The van der Waals surface area contributed by atoms with Crippen LogP contribution in [0.1, 0.15) is 86.6 Å². The summed E-state index contributed by atoms with van der Waals surface area (Å²) in [7, 11) is 0. The van der Waals surface area contributed by atoms with Gasteiger partial charge in [-0.1, -0.05) is 80.9 Å². The quantitative estimate of drug-likeness (QED) is 0.499. The zero-order valence-corrected chi connectivity index (χ0v) is 19.1. The highest BCUT2D eigenvalue weighted by atomic mass is 15.1. The summed E-state index contributed by atoms with van der Waals surface area (Å²) in [6.07, 6.45) is 18.3. The van der Waals surface area contributed by atoms with Crippen molar-refractivity contribution in [2.24, 2.45) is 5.92 Å². The van der Waals surface area contributed by atoms with Crippen LogP contribution in [0.2, 0.25) is 0 Å². The number of unbranched alkanes of at least 4 members (excludes halogenated alkanes) is 1. The average molecular weight is 415 g/mol. The van der Waals surface area contributed by atoms with Gasteiger partial charge in [0.05, 0.1) is 5.69 Å². The predicted molar refractivity (Wildman–Crippen MR) is 130 cm³/mol. The lowest BCUT2D eigenvalue weighted by molar-refractivity contribution is 0.244. The number of aromatic nitrogens is 1. The lowest BCUT2D eigenvalue weighted by atomic mass is 9.86. The second-order valence-corrected chi connectivity index (χ2v) is 9.99. The number of benzene rings is 1. The third kappa shape index (κ3) is 4.95. The molecule has 1 saturated heterocycles. The zero-order chi connectivity index (χ0) is 20.9. The van der Waals surface area contributed by atoms with Gasteiger partial charge in [0.15, 0.2) is 0 Å². The summed E-state index contributed by atoms with van der Waals surface area (Å²) in [6, 6.07) is 13.4. The number of hydrogen-bond donors (Lipinski definition) is 0. The van der Waals surface area contributed by atoms with Crippen molar-refractivity contribution in [1.29, 1.82) is 0 Å². The van der Waals surface area contributed by atoms with Crippen LogP contribution in [0, 0.1) is 5.92 Å². The van der Waals surface area contributed by atoms with Crippen molar-refractivity contribution >= 4 is 5.57 Å². The molecule has 0 spiro atoms. The summed E-state index contributed by atoms with van der Waals surface area (Å²) in [4.78, 5) is 7.60. The minimum absolute atomic E-state index is 1.04. The van der Waals surface area contributed by atoms with Crippen molar-refractivity contribution < 1.29 is 0 Å². The van der Waals surface area contributed by atoms with Crippen molar-refractivity contribution in [2.45, 2.75) is 77.0 Å². The molecule has 2 heterocycles. The fourth-order valence-corrected chi connectivity index (χ4v) is 6.14. The van der Waals surface area contributed by atoms with Gasteiger partial charge in [-0.05, 0) is 67.3 Å². The Morgan fingerprint density at radius 3 is 2.45 bits per heavy atom. The molecule has 2 heteroatoms. The molecule has 1 saturated carbocycles. The minimum atomic E-state index is 1.04. The van der Waals surface area contributed by atoms with Gasteiger partial charge in [-0.2, -0.15) is 0 Å². The number of nitrogens with zero attached hydrogens (tertiary/aromatic N) is 2. The molecule has 2 nitrogen and oxygen atoms in total. The number of likely N-dealkylation sites (tertiary alicyclic amines) is 1. The topological polar surface area (TPSA) is 16.1 Å². The van der Waals surface area contributed by atoms with Crippen LogP contribution in [0.4, 0.5) is 0 Å². The van der Waals surface area contributed by atoms with E-state index in [2.05, 4.69) is 41.3 Å². The molecule has 5 rings (SSSR count). The van der Waals surface area contributed by atoms with Crippen LogP contribution in [0.5, 0.6) is 0 Å². The standard InChI is InChI=1S/C29H38N2/c1-2-9-23(10-3-1)11-6-7-20-31-21-17-25(18-22-31)28-27-14-5-4-12-24(27)15-16-26-13-8-19-30-29(26)28/h4-5,8,12-14,19,23H,1-3,6-7,9-11,15-18,20-22H2. The number of piperidine rings is 1. The van der Waals surface area contributed by atoms with Crippen LogP contribution >= 0.6 is 0 Å². The van der Waals surface area contributed by atoms with Crippen molar-refractivity contribution in [1.82, 2.24) is 9.88 Å². The van der Waals surface area contributed by atoms with Crippen LogP contribution in [0.15, 0.2) is 48.2 Å². The van der Waals surface area contributed by atoms with Crippen LogP contribution in [-0.4, -0.2) is 29.5 Å². The van der Waals surface area contributed by atoms with E-state index in [1.54, 1.807) is 5.57 Å². The normalized spacial score (nSPS) is 20.3. The van der Waals surface area contributed by atoms with Gasteiger partial charge in [0.1, 0.15) is 0 Å². The molecule has 164 valence electrons. The van der Waals surface area contributed by atoms with E-state index in [-0.39, 0.29) is 0 Å². The molecule has 1 aliphatic heterocycles. The first kappa shape index (κ1) is 20.9. The van der Waals surface area contributed by atoms with Gasteiger partial charge in [-0.15, -0.1) is 0 Å². The molecule has 0 bridgehead atoms. The first-order valence-electron chi connectivity index (χ1n) is 12.9. The lowest BCUT2D eigenvalue weighted by Crippen LogP contribution is -2.32. The Morgan fingerprint density at radius 1 is 0.806 bits per heavy atom. The number of hydrogen-bond acceptors (Lipinski definition) is 2. The van der Waals surface area contributed by atoms with Gasteiger partial charge < -0.3 is 4.90 Å². The number of fused-ring (bicyclic) bond motifs is 2. The fraction of sp³-hybridized carbons (Fsp3) is 0.552. The summed E-state index contributed by atoms with van der Waals surface area (Å²) in [5.41, 5.74) is 8.70. The Bertz CT molecular complexity index is 847. The molecule has 31 heavy (non-hydrogen) atoms. The molecule has 2 aromatic rings. The van der Waals surface area contributed by atoms with Gasteiger partial charge in [-0.25, -0.2) is 0 Å². The fourth-order valence-electron chi connectivity index (χ4n) is 6.14. The maximum Gasteiger partial charge on any atom is 0.0739 e. The molecule has 0 radical (unpaired) electrons. The van der Waals surface area contributed by atoms with E-state index in [0.29, 0.717) is 0 Å². The van der Waals surface area contributed by atoms with Crippen LogP contribution < -0.4 is 0 Å². The Hall–Kier alpha value is -1.93. The highest BCUT2D eigenvalue weighted by molar-refractivity contribution is 5.84. The maximum absolute atomic E-state index is 4.89. The van der Waals surface area contributed by atoms with Crippen LogP contribution in [-0.2, 0) is 12.8 Å². The van der Waals surface area contributed by atoms with E-state index in [4.69, 9.17) is 4.98 Å². The Kier molecular flexibility index (Phi) is 6.84. The van der Waals surface area contributed by atoms with Crippen molar-refractivity contribution in [3.63, 3.8) is 0 Å². The monoisotopic (exact) mass is 414 g/mol. The van der Waals surface area contributed by atoms with Crippen molar-refractivity contribution in [3.05, 3.63) is 70.6 Å². The van der Waals surface area contributed by atoms with E-state index < -0.39 is 0 Å². The van der Waals surface area contributed by atoms with E-state index >= 15 is 0 Å². The van der Waals surface area contributed by atoms with Crippen molar-refractivity contribution in [3.8, 4) is 0 Å². The average Bonchev–Trinajstić information content (AvgIpc) is 3.00. The zero-order valence-electron chi connectivity index (χ0n) is 19.1. The third-order valence-electron chi connectivity index (χ3n) is 7.95. The molecule has 0 amide bonds. The summed E-state index contributed by atoms with van der Waals surface area (Å²) in [5, 5.41) is 0. The van der Waals surface area contributed by atoms with Crippen molar-refractivity contribution in [2.75, 3.05) is 19.6 Å². The first-order chi connectivity index (χ1) is 15.4. The number of rotatable bonds is 5. The van der Waals surface area contributed by atoms with E-state index in [1.165, 1.54) is 112 Å². The summed E-state index contributed by atoms with van der Waals surface area (Å²) in [5.74, 6) is 1.04. The third-order valence-corrected chi connectivity index (χ3v) is 7.95. The SMILES string of the molecule is c1ccc2c(c1)CCc1cccnc1C2=C1CCN(CCCCC2CCCCC2)CC1. The largest absolute Gasteiger partial charge is 0.303 e. The summed E-state index contributed by atoms with van der Waals surface area (Å²) >= 11 is 0. The first-order valence-corrected chi connectivity index (χ1v) is 12.9. The molecular formula is C29H38N2. The Morgan fingerprint density at radius 2 is 1.58 bits per heavy atom. The second-order valence-electron chi connectivity index (χ2n) is 9.99. The smallest absolute Gasteiger partial charge is 0.0739 e. The van der Waals surface area contributed by atoms with Gasteiger partial charge in [0, 0.05) is 24.9 Å². The van der Waals surface area contributed by atoms with Gasteiger partial charge in [-0.3, -0.25) is 4.98 Å². The Labute approximate surface area is 188 Å². The highest BCUT2D eigenvalue weighted by Gasteiger charge is 2.24. The molecule has 3 aliphatic rings. The van der Waals surface area contributed by atoms with Crippen LogP contribution in [0.3, 0.4) is 0 Å². The molecule has 0 unspecified atom stereocenters. The Balaban J connectivity index is 1.24. The molecule has 0 N–H and O–H groups in total. The maximum atomic E-state index is 4.89. The van der Waals surface area contributed by atoms with Gasteiger partial charge in [0.25, 0.3) is 0 Å². The molecule has 1 aromatic heterocycles. The second kappa shape index (κ2) is 10.1. The minimum Gasteiger partial charge on any atom is -0.303 e. The highest BCUT2D eigenvalue weighted by Crippen LogP contribution is 2.37. The van der Waals surface area contributed by atoms with E-state index in [1.807, 2.05) is 6.20 Å². The molecular weight excluding hydrogens is 376 g/mol. The van der Waals surface area contributed by atoms with E-state index in [0.717, 1.165) is 18.8 Å². The lowest BCUT2D eigenvalue weighted by Gasteiger charge is -2.30.